The Kier molecular flexibility index (Phi) is 4.97. The smallest absolute Gasteiger partial charge is 0.264 e. The fourth-order valence-corrected chi connectivity index (χ4v) is 2.81. The summed E-state index contributed by atoms with van der Waals surface area (Å²) in [6.45, 7) is 0.0137. The number of nitrogens with zero attached hydrogens (tertiary/aromatic N) is 1. The van der Waals surface area contributed by atoms with Gasteiger partial charge < -0.3 is 15.0 Å². The largest absolute Gasteiger partial charge is 0.482 e. The third-order valence-electron chi connectivity index (χ3n) is 3.69. The highest BCUT2D eigenvalue weighted by molar-refractivity contribution is 6.35. The minimum atomic E-state index is -0.323. The summed E-state index contributed by atoms with van der Waals surface area (Å²) >= 11 is 11.9. The van der Waals surface area contributed by atoms with Gasteiger partial charge in [-0.15, -0.1) is 0 Å². The molecule has 1 heterocycles. The fourth-order valence-electron chi connectivity index (χ4n) is 2.34. The number of nitrogens with one attached hydrogen (secondary N) is 1. The SMILES string of the molecule is CN1C(=O)COc2ccc(NC(=O)/C=C/c3ccc(Cl)cc3Cl)cc21. The van der Waals surface area contributed by atoms with Gasteiger partial charge in [0, 0.05) is 28.9 Å². The number of ether oxygens (including phenoxy) is 1. The molecule has 2 aromatic carbocycles. The van der Waals surface area contributed by atoms with Crippen LogP contribution in [0.5, 0.6) is 5.75 Å². The van der Waals surface area contributed by atoms with Crippen LogP contribution < -0.4 is 15.0 Å². The number of anilines is 2. The molecule has 0 saturated carbocycles. The highest BCUT2D eigenvalue weighted by Crippen LogP contribution is 2.33. The van der Waals surface area contributed by atoms with Gasteiger partial charge in [0.2, 0.25) is 5.91 Å². The van der Waals surface area contributed by atoms with Gasteiger partial charge in [-0.3, -0.25) is 9.59 Å². The summed E-state index contributed by atoms with van der Waals surface area (Å²) in [5.41, 5.74) is 1.85. The topological polar surface area (TPSA) is 58.6 Å². The van der Waals surface area contributed by atoms with Gasteiger partial charge in [-0.1, -0.05) is 29.3 Å². The average Bonchev–Trinajstić information content (AvgIpc) is 2.58. The molecule has 5 nitrogen and oxygen atoms in total. The van der Waals surface area contributed by atoms with Crippen LogP contribution in [-0.4, -0.2) is 25.5 Å². The lowest BCUT2D eigenvalue weighted by molar-refractivity contribution is -0.121. The van der Waals surface area contributed by atoms with Crippen LogP contribution in [-0.2, 0) is 9.59 Å². The molecule has 0 unspecified atom stereocenters. The predicted molar refractivity (Wildman–Crippen MR) is 99.5 cm³/mol. The van der Waals surface area contributed by atoms with Gasteiger partial charge in [-0.2, -0.15) is 0 Å². The van der Waals surface area contributed by atoms with Gasteiger partial charge in [-0.25, -0.2) is 0 Å². The van der Waals surface area contributed by atoms with Crippen molar-refractivity contribution in [1.82, 2.24) is 0 Å². The number of hydrogen-bond acceptors (Lipinski definition) is 3. The van der Waals surface area contributed by atoms with Crippen molar-refractivity contribution in [3.8, 4) is 5.75 Å². The van der Waals surface area contributed by atoms with Crippen molar-refractivity contribution in [3.63, 3.8) is 0 Å². The Hall–Kier alpha value is -2.50. The zero-order valence-electron chi connectivity index (χ0n) is 13.3. The van der Waals surface area contributed by atoms with Crippen LogP contribution in [0.3, 0.4) is 0 Å². The number of halogens is 2. The third kappa shape index (κ3) is 3.95. The van der Waals surface area contributed by atoms with Gasteiger partial charge in [0.25, 0.3) is 5.91 Å². The Morgan fingerprint density at radius 2 is 2.04 bits per heavy atom. The van der Waals surface area contributed by atoms with Crippen LogP contribution in [0.25, 0.3) is 6.08 Å². The van der Waals surface area contributed by atoms with Crippen molar-refractivity contribution in [2.45, 2.75) is 0 Å². The second-order valence-corrected chi connectivity index (χ2v) is 6.26. The summed E-state index contributed by atoms with van der Waals surface area (Å²) in [5.74, 6) is 0.133. The summed E-state index contributed by atoms with van der Waals surface area (Å²) in [7, 11) is 1.66. The third-order valence-corrected chi connectivity index (χ3v) is 4.25. The second kappa shape index (κ2) is 7.17. The normalized spacial score (nSPS) is 13.6. The van der Waals surface area contributed by atoms with Crippen LogP contribution in [0.15, 0.2) is 42.5 Å². The van der Waals surface area contributed by atoms with E-state index in [-0.39, 0.29) is 18.4 Å². The number of likely N-dealkylation sites (N-methyl/N-ethyl adjacent to an activating group) is 1. The quantitative estimate of drug-likeness (QED) is 0.823. The summed E-state index contributed by atoms with van der Waals surface area (Å²) in [4.78, 5) is 25.3. The van der Waals surface area contributed by atoms with Gasteiger partial charge >= 0.3 is 0 Å². The Balaban J connectivity index is 1.73. The number of carbonyl (C=O) groups excluding carboxylic acids is 2. The standard InChI is InChI=1S/C18H14Cl2N2O3/c1-22-15-9-13(5-6-16(15)25-10-18(22)24)21-17(23)7-3-11-2-4-12(19)8-14(11)20/h2-9H,10H2,1H3,(H,21,23)/b7-3+. The molecule has 2 amide bonds. The molecule has 0 atom stereocenters. The van der Waals surface area contributed by atoms with E-state index in [1.807, 2.05) is 0 Å². The minimum absolute atomic E-state index is 0.0137. The first-order chi connectivity index (χ1) is 11.9. The van der Waals surface area contributed by atoms with Crippen LogP contribution >= 0.6 is 23.2 Å². The Morgan fingerprint density at radius 1 is 1.24 bits per heavy atom. The molecular weight excluding hydrogens is 363 g/mol. The lowest BCUT2D eigenvalue weighted by Crippen LogP contribution is -2.35. The van der Waals surface area contributed by atoms with E-state index in [2.05, 4.69) is 5.32 Å². The number of carbonyl (C=O) groups is 2. The molecule has 0 fully saturated rings. The maximum atomic E-state index is 12.1. The molecule has 0 spiro atoms. The fraction of sp³-hybridized carbons (Fsp3) is 0.111. The highest BCUT2D eigenvalue weighted by atomic mass is 35.5. The highest BCUT2D eigenvalue weighted by Gasteiger charge is 2.22. The molecule has 3 rings (SSSR count). The molecule has 25 heavy (non-hydrogen) atoms. The molecule has 0 radical (unpaired) electrons. The molecule has 0 saturated heterocycles. The lowest BCUT2D eigenvalue weighted by atomic mass is 10.2. The Bertz CT molecular complexity index is 881. The van der Waals surface area contributed by atoms with E-state index in [4.69, 9.17) is 27.9 Å². The van der Waals surface area contributed by atoms with E-state index in [1.54, 1.807) is 49.5 Å². The van der Waals surface area contributed by atoms with Gasteiger partial charge in [0.15, 0.2) is 6.61 Å². The number of hydrogen-bond donors (Lipinski definition) is 1. The van der Waals surface area contributed by atoms with Crippen LogP contribution in [0.1, 0.15) is 5.56 Å². The maximum Gasteiger partial charge on any atom is 0.264 e. The molecule has 7 heteroatoms. The summed E-state index contributed by atoms with van der Waals surface area (Å²) in [5, 5.41) is 3.73. The van der Waals surface area contributed by atoms with Crippen molar-refractivity contribution in [3.05, 3.63) is 58.1 Å². The molecular formula is C18H14Cl2N2O3. The van der Waals surface area contributed by atoms with Crippen LogP contribution in [0, 0.1) is 0 Å². The van der Waals surface area contributed by atoms with Crippen molar-refractivity contribution < 1.29 is 14.3 Å². The molecule has 128 valence electrons. The second-order valence-electron chi connectivity index (χ2n) is 5.41. The Morgan fingerprint density at radius 3 is 2.80 bits per heavy atom. The van der Waals surface area contributed by atoms with Gasteiger partial charge in [0.05, 0.1) is 5.69 Å². The number of fused-ring (bicyclic) bond motifs is 1. The van der Waals surface area contributed by atoms with Crippen LogP contribution in [0.2, 0.25) is 10.0 Å². The van der Waals surface area contributed by atoms with Crippen molar-refractivity contribution >= 4 is 52.5 Å². The molecule has 0 bridgehead atoms. The van der Waals surface area contributed by atoms with Crippen molar-refractivity contribution in [1.29, 1.82) is 0 Å². The number of benzene rings is 2. The first-order valence-corrected chi connectivity index (χ1v) is 8.17. The average molecular weight is 377 g/mol. The molecule has 0 aliphatic carbocycles. The predicted octanol–water partition coefficient (Wildman–Crippen LogP) is 4.00. The zero-order valence-corrected chi connectivity index (χ0v) is 14.8. The van der Waals surface area contributed by atoms with E-state index in [1.165, 1.54) is 11.0 Å². The zero-order chi connectivity index (χ0) is 18.0. The Labute approximate surface area is 154 Å². The monoisotopic (exact) mass is 376 g/mol. The molecule has 1 aliphatic heterocycles. The minimum Gasteiger partial charge on any atom is -0.482 e. The molecule has 0 aromatic heterocycles. The summed E-state index contributed by atoms with van der Waals surface area (Å²) in [6, 6.07) is 10.1. The van der Waals surface area contributed by atoms with Gasteiger partial charge in [-0.05, 0) is 42.0 Å². The van der Waals surface area contributed by atoms with Crippen LogP contribution in [0.4, 0.5) is 11.4 Å². The van der Waals surface area contributed by atoms with Crippen molar-refractivity contribution in [2.75, 3.05) is 23.9 Å². The van der Waals surface area contributed by atoms with E-state index in [0.29, 0.717) is 32.7 Å². The summed E-state index contributed by atoms with van der Waals surface area (Å²) in [6.07, 6.45) is 2.98. The summed E-state index contributed by atoms with van der Waals surface area (Å²) < 4.78 is 5.35. The number of amides is 2. The van der Waals surface area contributed by atoms with E-state index < -0.39 is 0 Å². The lowest BCUT2D eigenvalue weighted by Gasteiger charge is -2.26. The van der Waals surface area contributed by atoms with Gasteiger partial charge in [0.1, 0.15) is 5.75 Å². The molecule has 1 N–H and O–H groups in total. The molecule has 1 aliphatic rings. The number of rotatable bonds is 3. The van der Waals surface area contributed by atoms with E-state index in [9.17, 15) is 9.59 Å². The first-order valence-electron chi connectivity index (χ1n) is 7.41. The van der Waals surface area contributed by atoms with E-state index in [0.717, 1.165) is 0 Å². The van der Waals surface area contributed by atoms with Crippen molar-refractivity contribution in [2.24, 2.45) is 0 Å². The molecule has 2 aromatic rings. The van der Waals surface area contributed by atoms with E-state index >= 15 is 0 Å². The first kappa shape index (κ1) is 17.3. The maximum absolute atomic E-state index is 12.1.